The minimum absolute atomic E-state index is 0. The highest BCUT2D eigenvalue weighted by molar-refractivity contribution is 6.02. The second-order valence-corrected chi connectivity index (χ2v) is 8.35. The van der Waals surface area contributed by atoms with Gasteiger partial charge in [0, 0.05) is 34.2 Å². The van der Waals surface area contributed by atoms with Crippen molar-refractivity contribution in [2.24, 2.45) is 0 Å². The molecule has 0 unspecified atom stereocenters. The topological polar surface area (TPSA) is 35.6 Å². The Morgan fingerprint density at radius 3 is 2.17 bits per heavy atom. The summed E-state index contributed by atoms with van der Waals surface area (Å²) in [5.41, 5.74) is 1.20. The molecule has 1 aliphatic rings. The number of carbonyl (C=O) groups is 1. The van der Waals surface area contributed by atoms with E-state index in [4.69, 9.17) is 0 Å². The van der Waals surface area contributed by atoms with E-state index in [1.807, 2.05) is 4.90 Å². The maximum atomic E-state index is 12.8. The monoisotopic (exact) mass is 405 g/mol. The molecular weight excluding hydrogens is 370 g/mol. The van der Waals surface area contributed by atoms with Gasteiger partial charge in [0.05, 0.1) is 0 Å². The first-order valence-corrected chi connectivity index (χ1v) is 11.4. The van der Waals surface area contributed by atoms with Gasteiger partial charge in [0.25, 0.3) is 0 Å². The highest BCUT2D eigenvalue weighted by Crippen LogP contribution is 2.28. The summed E-state index contributed by atoms with van der Waals surface area (Å²) >= 11 is 0. The Balaban J connectivity index is 0.00000272. The highest BCUT2D eigenvalue weighted by atomic mass is 16.2. The fraction of sp³-hybridized carbons (Fsp3) is 0.423. The molecule has 4 heteroatoms. The molecule has 0 aromatic heterocycles. The molecule has 160 valence electrons. The molecule has 3 aromatic carbocycles. The first kappa shape index (κ1) is 20.7. The molecule has 1 heterocycles. The molecule has 0 radical (unpaired) electrons. The number of carbonyl (C=O) groups excluding carboxylic acids is 1. The van der Waals surface area contributed by atoms with Crippen LogP contribution in [-0.2, 0) is 6.54 Å². The van der Waals surface area contributed by atoms with Crippen LogP contribution in [0.2, 0.25) is 0 Å². The van der Waals surface area contributed by atoms with Crippen LogP contribution in [-0.4, -0.2) is 48.6 Å². The van der Waals surface area contributed by atoms with Crippen molar-refractivity contribution in [2.75, 3.05) is 32.7 Å². The van der Waals surface area contributed by atoms with Crippen molar-refractivity contribution < 1.29 is 6.22 Å². The van der Waals surface area contributed by atoms with Crippen molar-refractivity contribution >= 4 is 27.6 Å². The summed E-state index contributed by atoms with van der Waals surface area (Å²) in [6.07, 6.45) is 5.19. The number of fused-ring (bicyclic) bond motifs is 2. The number of amides is 2. The van der Waals surface area contributed by atoms with Gasteiger partial charge < -0.3 is 10.2 Å². The number of nitrogens with zero attached hydrogens (tertiary/aromatic N) is 2. The van der Waals surface area contributed by atoms with E-state index < -0.39 is 0 Å². The van der Waals surface area contributed by atoms with Crippen molar-refractivity contribution in [3.8, 4) is 0 Å². The molecule has 4 nitrogen and oxygen atoms in total. The van der Waals surface area contributed by atoms with E-state index in [9.17, 15) is 4.79 Å². The summed E-state index contributed by atoms with van der Waals surface area (Å²) in [5.74, 6) is 0. The molecule has 1 N–H and O–H groups in total. The van der Waals surface area contributed by atoms with Crippen molar-refractivity contribution in [3.05, 3.63) is 60.2 Å². The van der Waals surface area contributed by atoms with E-state index in [1.54, 1.807) is 0 Å². The van der Waals surface area contributed by atoms with Crippen LogP contribution in [0.1, 0.15) is 39.6 Å². The second-order valence-electron chi connectivity index (χ2n) is 8.35. The molecule has 1 saturated heterocycles. The van der Waals surface area contributed by atoms with Crippen molar-refractivity contribution in [1.29, 1.82) is 0 Å². The summed E-state index contributed by atoms with van der Waals surface area (Å²) in [6.45, 7) is 7.56. The van der Waals surface area contributed by atoms with Gasteiger partial charge in [0.2, 0.25) is 0 Å². The largest absolute Gasteiger partial charge is 0.334 e. The normalized spacial score (nSPS) is 15.0. The summed E-state index contributed by atoms with van der Waals surface area (Å²) in [5, 5.41) is 8.07. The summed E-state index contributed by atoms with van der Waals surface area (Å²) < 4.78 is 0. The Bertz CT molecular complexity index is 944. The van der Waals surface area contributed by atoms with Gasteiger partial charge in [-0.05, 0) is 46.1 Å². The average Bonchev–Trinajstić information content (AvgIpc) is 2.79. The molecule has 0 atom stereocenters. The fourth-order valence-corrected chi connectivity index (χ4v) is 4.51. The Morgan fingerprint density at radius 1 is 0.900 bits per heavy atom. The Hall–Kier alpha value is -2.59. The van der Waals surface area contributed by atoms with Gasteiger partial charge in [-0.3, -0.25) is 4.90 Å². The first-order valence-electron chi connectivity index (χ1n) is 11.4. The van der Waals surface area contributed by atoms with Crippen LogP contribution in [0, 0.1) is 0 Å². The van der Waals surface area contributed by atoms with Gasteiger partial charge in [-0.15, -0.1) is 0 Å². The molecule has 0 aliphatic carbocycles. The van der Waals surface area contributed by atoms with Crippen LogP contribution in [0.3, 0.4) is 0 Å². The lowest BCUT2D eigenvalue weighted by Crippen LogP contribution is -2.51. The van der Waals surface area contributed by atoms with E-state index in [0.717, 1.165) is 32.7 Å². The van der Waals surface area contributed by atoms with Crippen LogP contribution in [0.5, 0.6) is 0 Å². The second kappa shape index (κ2) is 9.94. The number of hydrogen-bond donors (Lipinski definition) is 1. The number of rotatable bonds is 7. The quantitative estimate of drug-likeness (QED) is 0.407. The first-order chi connectivity index (χ1) is 14.8. The number of hydrogen-bond acceptors (Lipinski definition) is 2. The molecule has 3 aromatic rings. The van der Waals surface area contributed by atoms with Gasteiger partial charge in [-0.25, -0.2) is 4.79 Å². The number of unbranched alkanes of at least 4 members (excludes halogenated alkanes) is 3. The van der Waals surface area contributed by atoms with E-state index in [1.165, 1.54) is 52.8 Å². The minimum Gasteiger partial charge on any atom is -0.334 e. The predicted molar refractivity (Wildman–Crippen MR) is 128 cm³/mol. The third-order valence-corrected chi connectivity index (χ3v) is 6.29. The Kier molecular flexibility index (Phi) is 6.85. The summed E-state index contributed by atoms with van der Waals surface area (Å²) in [4.78, 5) is 17.3. The van der Waals surface area contributed by atoms with Gasteiger partial charge in [-0.2, -0.15) is 0 Å². The minimum atomic E-state index is 0. The zero-order valence-electron chi connectivity index (χ0n) is 18.1. The molecule has 1 fully saturated rings. The smallest absolute Gasteiger partial charge is 0.317 e. The van der Waals surface area contributed by atoms with E-state index in [-0.39, 0.29) is 7.46 Å². The third-order valence-electron chi connectivity index (χ3n) is 6.29. The summed E-state index contributed by atoms with van der Waals surface area (Å²) in [7, 11) is 0. The maximum Gasteiger partial charge on any atom is 0.317 e. The molecule has 0 saturated carbocycles. The molecular formula is C26H35N3O. The van der Waals surface area contributed by atoms with Crippen LogP contribution >= 0.6 is 0 Å². The summed E-state index contributed by atoms with van der Waals surface area (Å²) in [6, 6.07) is 19.2. The lowest BCUT2D eigenvalue weighted by molar-refractivity contribution is 0.137. The van der Waals surface area contributed by atoms with Gasteiger partial charge >= 0.3 is 6.03 Å². The van der Waals surface area contributed by atoms with E-state index in [2.05, 4.69) is 71.7 Å². The lowest BCUT2D eigenvalue weighted by Gasteiger charge is -2.34. The van der Waals surface area contributed by atoms with Crippen LogP contribution in [0.25, 0.3) is 21.5 Å². The van der Waals surface area contributed by atoms with Gasteiger partial charge in [0.15, 0.2) is 0 Å². The maximum absolute atomic E-state index is 12.8. The van der Waals surface area contributed by atoms with Crippen LogP contribution < -0.4 is 5.32 Å². The standard InChI is InChI=1S/C26H33N3O.H2/c1-2-3-4-9-14-28-15-17-29(18-16-28)26(30)27-20-25-23-12-7-5-10-21(23)19-22-11-6-8-13-24(22)25;/h5-8,10-13,19H,2-4,9,14-18,20H2,1H3,(H,27,30);1H. The predicted octanol–water partition coefficient (Wildman–Crippen LogP) is 5.65. The van der Waals surface area contributed by atoms with Crippen LogP contribution in [0.4, 0.5) is 4.79 Å². The lowest BCUT2D eigenvalue weighted by atomic mass is 9.97. The number of urea groups is 1. The van der Waals surface area contributed by atoms with E-state index >= 15 is 0 Å². The molecule has 2 amide bonds. The van der Waals surface area contributed by atoms with Gasteiger partial charge in [-0.1, -0.05) is 74.7 Å². The molecule has 1 aliphatic heterocycles. The zero-order chi connectivity index (χ0) is 20.8. The third kappa shape index (κ3) is 4.76. The van der Waals surface area contributed by atoms with Gasteiger partial charge in [0.1, 0.15) is 0 Å². The average molecular weight is 406 g/mol. The Morgan fingerprint density at radius 2 is 1.53 bits per heavy atom. The molecule has 30 heavy (non-hydrogen) atoms. The number of nitrogens with one attached hydrogen (secondary N) is 1. The Labute approximate surface area is 181 Å². The molecule has 4 rings (SSSR count). The van der Waals surface area contributed by atoms with E-state index in [0.29, 0.717) is 6.54 Å². The number of piperazine rings is 1. The SMILES string of the molecule is CCCCCCN1CCN(C(=O)NCc2c3ccccc3cc3ccccc23)CC1.[HH]. The van der Waals surface area contributed by atoms with Crippen molar-refractivity contribution in [1.82, 2.24) is 15.1 Å². The van der Waals surface area contributed by atoms with Crippen LogP contribution in [0.15, 0.2) is 54.6 Å². The highest BCUT2D eigenvalue weighted by Gasteiger charge is 2.21. The fourth-order valence-electron chi connectivity index (χ4n) is 4.51. The van der Waals surface area contributed by atoms with Crippen molar-refractivity contribution in [3.63, 3.8) is 0 Å². The van der Waals surface area contributed by atoms with Crippen molar-refractivity contribution in [2.45, 2.75) is 39.2 Å². The molecule has 0 bridgehead atoms. The zero-order valence-corrected chi connectivity index (χ0v) is 18.1. The number of benzene rings is 3. The molecule has 0 spiro atoms.